The van der Waals surface area contributed by atoms with Crippen molar-refractivity contribution in [2.45, 2.75) is 57.2 Å². The van der Waals surface area contributed by atoms with Gasteiger partial charge in [-0.2, -0.15) is 0 Å². The summed E-state index contributed by atoms with van der Waals surface area (Å²) in [6, 6.07) is 7.41. The average molecular weight is 426 g/mol. The van der Waals surface area contributed by atoms with Crippen LogP contribution in [0.5, 0.6) is 0 Å². The third kappa shape index (κ3) is 4.07. The molecule has 5 nitrogen and oxygen atoms in total. The van der Waals surface area contributed by atoms with E-state index in [-0.39, 0.29) is 10.6 Å². The zero-order valence-electron chi connectivity index (χ0n) is 18.4. The van der Waals surface area contributed by atoms with Gasteiger partial charge < -0.3 is 14.5 Å². The molecule has 2 N–H and O–H groups in total. The number of aromatic carboxylic acids is 1. The SMILES string of the molecule is CC(C)(C)[Si](C)(C)OCC[C@@]1(c2c(C(=O)O)c(=O)[nH]c3ccccc23)C=CC=CC1. The van der Waals surface area contributed by atoms with Crippen molar-refractivity contribution in [1.82, 2.24) is 4.98 Å². The topological polar surface area (TPSA) is 79.4 Å². The second-order valence-electron chi connectivity index (χ2n) is 9.56. The van der Waals surface area contributed by atoms with Crippen LogP contribution in [-0.2, 0) is 9.84 Å². The number of aromatic amines is 1. The molecule has 1 aliphatic rings. The van der Waals surface area contributed by atoms with E-state index in [1.165, 1.54) is 0 Å². The minimum absolute atomic E-state index is 0.0886. The predicted molar refractivity (Wildman–Crippen MR) is 124 cm³/mol. The van der Waals surface area contributed by atoms with Crippen LogP contribution < -0.4 is 5.56 Å². The van der Waals surface area contributed by atoms with Crippen molar-refractivity contribution in [3.63, 3.8) is 0 Å². The maximum atomic E-state index is 12.7. The summed E-state index contributed by atoms with van der Waals surface area (Å²) in [5.41, 5.74) is -0.132. The number of rotatable bonds is 6. The third-order valence-corrected chi connectivity index (χ3v) is 11.1. The fourth-order valence-electron chi connectivity index (χ4n) is 3.83. The maximum absolute atomic E-state index is 12.7. The largest absolute Gasteiger partial charge is 0.477 e. The van der Waals surface area contributed by atoms with Crippen LogP contribution in [0.3, 0.4) is 0 Å². The summed E-state index contributed by atoms with van der Waals surface area (Å²) in [4.78, 5) is 27.6. The van der Waals surface area contributed by atoms with Crippen LogP contribution in [0.1, 0.15) is 49.5 Å². The van der Waals surface area contributed by atoms with Crippen molar-refractivity contribution in [3.8, 4) is 0 Å². The Hall–Kier alpha value is -2.44. The Balaban J connectivity index is 2.13. The van der Waals surface area contributed by atoms with Gasteiger partial charge in [0.05, 0.1) is 0 Å². The number of fused-ring (bicyclic) bond motifs is 1. The van der Waals surface area contributed by atoms with Gasteiger partial charge in [-0.05, 0) is 42.6 Å². The molecule has 3 rings (SSSR count). The van der Waals surface area contributed by atoms with E-state index in [1.54, 1.807) is 0 Å². The number of hydrogen-bond acceptors (Lipinski definition) is 3. The molecule has 160 valence electrons. The summed E-state index contributed by atoms with van der Waals surface area (Å²) in [6.07, 6.45) is 9.20. The van der Waals surface area contributed by atoms with E-state index >= 15 is 0 Å². The van der Waals surface area contributed by atoms with Crippen LogP contribution in [0.2, 0.25) is 18.1 Å². The van der Waals surface area contributed by atoms with Gasteiger partial charge in [0.15, 0.2) is 8.32 Å². The van der Waals surface area contributed by atoms with Crippen LogP contribution in [-0.4, -0.2) is 31.0 Å². The first-order chi connectivity index (χ1) is 14.0. The molecule has 1 heterocycles. The quantitative estimate of drug-likeness (QED) is 0.608. The second-order valence-corrected chi connectivity index (χ2v) is 14.4. The normalized spacial score (nSPS) is 19.4. The lowest BCUT2D eigenvalue weighted by atomic mass is 9.70. The highest BCUT2D eigenvalue weighted by molar-refractivity contribution is 6.74. The Morgan fingerprint density at radius 2 is 1.93 bits per heavy atom. The lowest BCUT2D eigenvalue weighted by Gasteiger charge is -2.39. The number of para-hydroxylation sites is 1. The molecule has 0 saturated carbocycles. The molecule has 0 amide bonds. The van der Waals surface area contributed by atoms with Crippen molar-refractivity contribution in [1.29, 1.82) is 0 Å². The molecule has 2 aromatic rings. The van der Waals surface area contributed by atoms with Crippen LogP contribution in [0.25, 0.3) is 10.9 Å². The number of carbonyl (C=O) groups is 1. The number of allylic oxidation sites excluding steroid dienone is 4. The van der Waals surface area contributed by atoms with Gasteiger partial charge in [0.2, 0.25) is 0 Å². The molecule has 1 atom stereocenters. The number of carboxylic acid groups (broad SMARTS) is 1. The Morgan fingerprint density at radius 3 is 2.53 bits per heavy atom. The summed E-state index contributed by atoms with van der Waals surface area (Å²) in [7, 11) is -1.95. The summed E-state index contributed by atoms with van der Waals surface area (Å²) in [6.45, 7) is 11.5. The van der Waals surface area contributed by atoms with Crippen LogP contribution >= 0.6 is 0 Å². The minimum Gasteiger partial charge on any atom is -0.477 e. The van der Waals surface area contributed by atoms with Gasteiger partial charge in [0.25, 0.3) is 5.56 Å². The summed E-state index contributed by atoms with van der Waals surface area (Å²) >= 11 is 0. The Morgan fingerprint density at radius 1 is 1.23 bits per heavy atom. The van der Waals surface area contributed by atoms with E-state index in [4.69, 9.17) is 4.43 Å². The first-order valence-electron chi connectivity index (χ1n) is 10.4. The molecule has 0 fully saturated rings. The zero-order chi connectivity index (χ0) is 22.2. The van der Waals surface area contributed by atoms with Crippen molar-refractivity contribution in [2.24, 2.45) is 0 Å². The molecule has 1 aliphatic carbocycles. The van der Waals surface area contributed by atoms with E-state index < -0.39 is 25.3 Å². The first kappa shape index (κ1) is 22.2. The fourth-order valence-corrected chi connectivity index (χ4v) is 4.88. The lowest BCUT2D eigenvalue weighted by Crippen LogP contribution is -2.42. The van der Waals surface area contributed by atoms with Crippen LogP contribution in [0.4, 0.5) is 0 Å². The standard InChI is InChI=1S/C24H31NO4Si/c1-23(2,3)30(4,5)29-16-15-24(13-9-6-10-14-24)20-17-11-7-8-12-18(17)25-21(26)19(20)22(27)28/h6-13H,14-16H2,1-5H3,(H,25,26)(H,27,28)/t24-/m1/s1. The van der Waals surface area contributed by atoms with Crippen molar-refractivity contribution < 1.29 is 14.3 Å². The van der Waals surface area contributed by atoms with Gasteiger partial charge in [-0.3, -0.25) is 4.79 Å². The molecule has 1 aromatic heterocycles. The number of aromatic nitrogens is 1. The van der Waals surface area contributed by atoms with Crippen molar-refractivity contribution in [3.05, 3.63) is 70.1 Å². The molecule has 0 aliphatic heterocycles. The van der Waals surface area contributed by atoms with E-state index in [9.17, 15) is 14.7 Å². The highest BCUT2D eigenvalue weighted by Gasteiger charge is 2.40. The fraction of sp³-hybridized carbons (Fsp3) is 0.417. The number of pyridine rings is 1. The molecule has 0 unspecified atom stereocenters. The average Bonchev–Trinajstić information content (AvgIpc) is 2.66. The maximum Gasteiger partial charge on any atom is 0.341 e. The third-order valence-electron chi connectivity index (χ3n) is 6.60. The van der Waals surface area contributed by atoms with Crippen LogP contribution in [0.15, 0.2) is 53.4 Å². The summed E-state index contributed by atoms with van der Waals surface area (Å²) in [5, 5.41) is 10.8. The molecule has 0 bridgehead atoms. The molecular weight excluding hydrogens is 394 g/mol. The Labute approximate surface area is 178 Å². The summed E-state index contributed by atoms with van der Waals surface area (Å²) in [5.74, 6) is -1.20. The first-order valence-corrected chi connectivity index (χ1v) is 13.3. The molecular formula is C24H31NO4Si. The van der Waals surface area contributed by atoms with E-state index in [0.717, 1.165) is 5.39 Å². The van der Waals surface area contributed by atoms with E-state index in [1.807, 2.05) is 48.6 Å². The molecule has 6 heteroatoms. The van der Waals surface area contributed by atoms with Crippen molar-refractivity contribution in [2.75, 3.05) is 6.61 Å². The molecule has 0 saturated heterocycles. The highest BCUT2D eigenvalue weighted by Crippen LogP contribution is 2.42. The second kappa shape index (κ2) is 8.00. The molecule has 30 heavy (non-hydrogen) atoms. The predicted octanol–water partition coefficient (Wildman–Crippen LogP) is 5.39. The monoisotopic (exact) mass is 425 g/mol. The molecule has 0 spiro atoms. The van der Waals surface area contributed by atoms with Crippen molar-refractivity contribution >= 4 is 25.2 Å². The van der Waals surface area contributed by atoms with Gasteiger partial charge in [-0.25, -0.2) is 4.79 Å². The van der Waals surface area contributed by atoms with Gasteiger partial charge in [-0.1, -0.05) is 63.3 Å². The number of carboxylic acids is 1. The van der Waals surface area contributed by atoms with E-state index in [0.29, 0.717) is 30.5 Å². The van der Waals surface area contributed by atoms with Gasteiger partial charge in [0.1, 0.15) is 5.56 Å². The zero-order valence-corrected chi connectivity index (χ0v) is 19.4. The minimum atomic E-state index is -1.95. The van der Waals surface area contributed by atoms with Gasteiger partial charge in [0, 0.05) is 22.9 Å². The Bertz CT molecular complexity index is 1070. The molecule has 0 radical (unpaired) electrons. The number of H-pyrrole nitrogens is 1. The number of benzene rings is 1. The highest BCUT2D eigenvalue weighted by atomic mass is 28.4. The van der Waals surface area contributed by atoms with Gasteiger partial charge >= 0.3 is 5.97 Å². The lowest BCUT2D eigenvalue weighted by molar-refractivity contribution is 0.0692. The Kier molecular flexibility index (Phi) is 5.93. The van der Waals surface area contributed by atoms with Gasteiger partial charge in [-0.15, -0.1) is 0 Å². The number of hydrogen-bond donors (Lipinski definition) is 2. The van der Waals surface area contributed by atoms with Crippen LogP contribution in [0, 0.1) is 0 Å². The number of nitrogens with one attached hydrogen (secondary N) is 1. The molecule has 1 aromatic carbocycles. The summed E-state index contributed by atoms with van der Waals surface area (Å²) < 4.78 is 6.43. The smallest absolute Gasteiger partial charge is 0.341 e. The van der Waals surface area contributed by atoms with E-state index in [2.05, 4.69) is 38.8 Å².